The van der Waals surface area contributed by atoms with Gasteiger partial charge < -0.3 is 5.11 Å². The highest BCUT2D eigenvalue weighted by molar-refractivity contribution is 6.30. The molecule has 17 heavy (non-hydrogen) atoms. The number of hydrogen-bond acceptors (Lipinski definition) is 3. The Kier molecular flexibility index (Phi) is 3.76. The van der Waals surface area contributed by atoms with Crippen molar-refractivity contribution in [3.8, 4) is 5.82 Å². The second-order valence-electron chi connectivity index (χ2n) is 3.84. The number of halogens is 1. The Bertz CT molecular complexity index is 510. The number of aromatic nitrogens is 3. The molecule has 4 nitrogen and oxygen atoms in total. The lowest BCUT2D eigenvalue weighted by molar-refractivity contribution is 0.281. The van der Waals surface area contributed by atoms with E-state index in [2.05, 4.69) is 17.0 Å². The maximum Gasteiger partial charge on any atom is 0.153 e. The van der Waals surface area contributed by atoms with Crippen LogP contribution in [0.15, 0.2) is 24.5 Å². The average Bonchev–Trinajstić information content (AvgIpc) is 2.76. The largest absolute Gasteiger partial charge is 0.392 e. The van der Waals surface area contributed by atoms with Crippen molar-refractivity contribution in [1.82, 2.24) is 14.8 Å². The summed E-state index contributed by atoms with van der Waals surface area (Å²) in [5.74, 6) is 0.687. The Morgan fingerprint density at radius 1 is 1.41 bits per heavy atom. The number of pyridine rings is 1. The quantitative estimate of drug-likeness (QED) is 0.908. The number of rotatable bonds is 4. The zero-order valence-electron chi connectivity index (χ0n) is 9.60. The molecule has 90 valence electrons. The van der Waals surface area contributed by atoms with Gasteiger partial charge in [-0.2, -0.15) is 5.10 Å². The summed E-state index contributed by atoms with van der Waals surface area (Å²) >= 11 is 5.82. The monoisotopic (exact) mass is 251 g/mol. The second kappa shape index (κ2) is 5.29. The Morgan fingerprint density at radius 2 is 2.24 bits per heavy atom. The minimum absolute atomic E-state index is 0.00123. The summed E-state index contributed by atoms with van der Waals surface area (Å²) in [6.45, 7) is 2.10. The molecule has 1 N–H and O–H groups in total. The summed E-state index contributed by atoms with van der Waals surface area (Å²) < 4.78 is 1.61. The van der Waals surface area contributed by atoms with E-state index in [-0.39, 0.29) is 6.61 Å². The zero-order valence-corrected chi connectivity index (χ0v) is 10.4. The molecule has 2 rings (SSSR count). The number of aliphatic hydroxyl groups excluding tert-OH is 1. The van der Waals surface area contributed by atoms with Crippen LogP contribution in [0.1, 0.15) is 24.6 Å². The number of aryl methyl sites for hydroxylation is 1. The lowest BCUT2D eigenvalue weighted by atomic mass is 10.1. The first kappa shape index (κ1) is 12.1. The van der Waals surface area contributed by atoms with Crippen LogP contribution in [0.2, 0.25) is 5.02 Å². The first-order valence-electron chi connectivity index (χ1n) is 5.54. The maximum atomic E-state index is 9.22. The van der Waals surface area contributed by atoms with Gasteiger partial charge in [0.25, 0.3) is 0 Å². The third kappa shape index (κ3) is 2.84. The van der Waals surface area contributed by atoms with E-state index in [0.29, 0.717) is 10.8 Å². The van der Waals surface area contributed by atoms with Crippen LogP contribution in [0, 0.1) is 0 Å². The van der Waals surface area contributed by atoms with Crippen LogP contribution in [0.25, 0.3) is 5.82 Å². The highest BCUT2D eigenvalue weighted by Crippen LogP contribution is 2.14. The smallest absolute Gasteiger partial charge is 0.153 e. The summed E-state index contributed by atoms with van der Waals surface area (Å²) in [5, 5.41) is 13.9. The van der Waals surface area contributed by atoms with Gasteiger partial charge in [-0.25, -0.2) is 9.67 Å². The molecule has 0 aromatic carbocycles. The molecule has 0 saturated heterocycles. The van der Waals surface area contributed by atoms with Crippen molar-refractivity contribution in [3.05, 3.63) is 40.8 Å². The molecule has 0 atom stereocenters. The fourth-order valence-electron chi connectivity index (χ4n) is 1.65. The molecule has 0 aliphatic heterocycles. The minimum atomic E-state index is 0.00123. The van der Waals surface area contributed by atoms with E-state index < -0.39 is 0 Å². The van der Waals surface area contributed by atoms with E-state index in [4.69, 9.17) is 11.6 Å². The molecule has 0 aliphatic rings. The van der Waals surface area contributed by atoms with Crippen LogP contribution in [0.4, 0.5) is 0 Å². The van der Waals surface area contributed by atoms with Gasteiger partial charge in [-0.05, 0) is 24.1 Å². The van der Waals surface area contributed by atoms with Gasteiger partial charge in [0.2, 0.25) is 0 Å². The molecule has 0 unspecified atom stereocenters. The van der Waals surface area contributed by atoms with Crippen LogP contribution in [-0.2, 0) is 13.0 Å². The lowest BCUT2D eigenvalue weighted by Crippen LogP contribution is -2.03. The zero-order chi connectivity index (χ0) is 12.3. The van der Waals surface area contributed by atoms with E-state index in [1.807, 2.05) is 12.1 Å². The van der Waals surface area contributed by atoms with Crippen molar-refractivity contribution in [1.29, 1.82) is 0 Å². The lowest BCUT2D eigenvalue weighted by Gasteiger charge is -2.06. The molecule has 5 heteroatoms. The van der Waals surface area contributed by atoms with Gasteiger partial charge in [-0.15, -0.1) is 0 Å². The summed E-state index contributed by atoms with van der Waals surface area (Å²) in [6.07, 6.45) is 5.16. The van der Waals surface area contributed by atoms with Crippen molar-refractivity contribution in [3.63, 3.8) is 0 Å². The minimum Gasteiger partial charge on any atom is -0.392 e. The van der Waals surface area contributed by atoms with Gasteiger partial charge in [0.15, 0.2) is 5.82 Å². The Balaban J connectivity index is 2.42. The Morgan fingerprint density at radius 3 is 2.82 bits per heavy atom. The predicted molar refractivity (Wildman–Crippen MR) is 66.3 cm³/mol. The number of nitrogens with zero attached hydrogens (tertiary/aromatic N) is 3. The van der Waals surface area contributed by atoms with Crippen LogP contribution in [0.5, 0.6) is 0 Å². The predicted octanol–water partition coefficient (Wildman–Crippen LogP) is 2.37. The molecule has 0 aliphatic carbocycles. The standard InChI is InChI=1S/C12H14ClN3O/c1-2-3-11-4-9(8-17)5-12(15-11)16-7-10(13)6-14-16/h4-7,17H,2-3,8H2,1H3. The summed E-state index contributed by atoms with van der Waals surface area (Å²) in [5.41, 5.74) is 1.80. The van der Waals surface area contributed by atoms with Crippen molar-refractivity contribution < 1.29 is 5.11 Å². The topological polar surface area (TPSA) is 50.9 Å². The van der Waals surface area contributed by atoms with Crippen LogP contribution >= 0.6 is 11.6 Å². The third-order valence-electron chi connectivity index (χ3n) is 2.40. The molecule has 0 saturated carbocycles. The highest BCUT2D eigenvalue weighted by Gasteiger charge is 2.05. The first-order valence-corrected chi connectivity index (χ1v) is 5.92. The van der Waals surface area contributed by atoms with E-state index in [9.17, 15) is 5.11 Å². The normalized spacial score (nSPS) is 10.8. The van der Waals surface area contributed by atoms with E-state index >= 15 is 0 Å². The van der Waals surface area contributed by atoms with Gasteiger partial charge in [-0.1, -0.05) is 24.9 Å². The van der Waals surface area contributed by atoms with Gasteiger partial charge in [0.05, 0.1) is 24.0 Å². The molecule has 2 aromatic rings. The van der Waals surface area contributed by atoms with Crippen molar-refractivity contribution in [2.24, 2.45) is 0 Å². The molecule has 2 heterocycles. The van der Waals surface area contributed by atoms with Crippen LogP contribution < -0.4 is 0 Å². The van der Waals surface area contributed by atoms with E-state index in [0.717, 1.165) is 24.1 Å². The van der Waals surface area contributed by atoms with Crippen LogP contribution in [0.3, 0.4) is 0 Å². The average molecular weight is 252 g/mol. The van der Waals surface area contributed by atoms with Gasteiger partial charge in [0.1, 0.15) is 0 Å². The van der Waals surface area contributed by atoms with Crippen molar-refractivity contribution in [2.45, 2.75) is 26.4 Å². The van der Waals surface area contributed by atoms with Gasteiger partial charge in [-0.3, -0.25) is 0 Å². The Labute approximate surface area is 105 Å². The molecular formula is C12H14ClN3O. The molecular weight excluding hydrogens is 238 g/mol. The van der Waals surface area contributed by atoms with Gasteiger partial charge in [0, 0.05) is 5.69 Å². The van der Waals surface area contributed by atoms with Crippen LogP contribution in [-0.4, -0.2) is 19.9 Å². The summed E-state index contributed by atoms with van der Waals surface area (Å²) in [7, 11) is 0. The molecule has 0 amide bonds. The summed E-state index contributed by atoms with van der Waals surface area (Å²) in [6, 6.07) is 3.72. The third-order valence-corrected chi connectivity index (χ3v) is 2.59. The fourth-order valence-corrected chi connectivity index (χ4v) is 1.79. The molecule has 2 aromatic heterocycles. The Hall–Kier alpha value is -1.39. The summed E-state index contributed by atoms with van der Waals surface area (Å²) in [4.78, 5) is 4.49. The van der Waals surface area contributed by atoms with Gasteiger partial charge >= 0.3 is 0 Å². The SMILES string of the molecule is CCCc1cc(CO)cc(-n2cc(Cl)cn2)n1. The molecule has 0 radical (unpaired) electrons. The van der Waals surface area contributed by atoms with Crippen molar-refractivity contribution in [2.75, 3.05) is 0 Å². The van der Waals surface area contributed by atoms with E-state index in [1.165, 1.54) is 0 Å². The highest BCUT2D eigenvalue weighted by atomic mass is 35.5. The molecule has 0 bridgehead atoms. The number of hydrogen-bond donors (Lipinski definition) is 1. The van der Waals surface area contributed by atoms with Crippen molar-refractivity contribution >= 4 is 11.6 Å². The fraction of sp³-hybridized carbons (Fsp3) is 0.333. The maximum absolute atomic E-state index is 9.22. The number of aliphatic hydroxyl groups is 1. The van der Waals surface area contributed by atoms with E-state index in [1.54, 1.807) is 17.1 Å². The molecule has 0 spiro atoms. The first-order chi connectivity index (χ1) is 8.22. The second-order valence-corrected chi connectivity index (χ2v) is 4.27. The molecule has 0 fully saturated rings.